The number of anilines is 1. The number of fused-ring (bicyclic) bond motifs is 1. The van der Waals surface area contributed by atoms with Crippen molar-refractivity contribution in [2.45, 2.75) is 0 Å². The molecule has 1 aromatic heterocycles. The summed E-state index contributed by atoms with van der Waals surface area (Å²) in [6, 6.07) is 3.56. The topological polar surface area (TPSA) is 43.8 Å². The Hall–Kier alpha value is -1.22. The van der Waals surface area contributed by atoms with Gasteiger partial charge in [0.25, 0.3) is 0 Å². The van der Waals surface area contributed by atoms with Crippen LogP contribution in [0.1, 0.15) is 0 Å². The van der Waals surface area contributed by atoms with E-state index in [0.29, 0.717) is 10.7 Å². The van der Waals surface area contributed by atoms with E-state index in [2.05, 4.69) is 5.10 Å². The van der Waals surface area contributed by atoms with E-state index in [0.717, 1.165) is 10.9 Å². The predicted octanol–water partition coefficient (Wildman–Crippen LogP) is 1.81. The van der Waals surface area contributed by atoms with Gasteiger partial charge in [-0.15, -0.1) is 0 Å². The summed E-state index contributed by atoms with van der Waals surface area (Å²) in [5.74, 6) is 0. The van der Waals surface area contributed by atoms with Crippen molar-refractivity contribution in [2.75, 3.05) is 5.73 Å². The van der Waals surface area contributed by atoms with Gasteiger partial charge in [-0.25, -0.2) is 0 Å². The van der Waals surface area contributed by atoms with Crippen molar-refractivity contribution < 1.29 is 0 Å². The van der Waals surface area contributed by atoms with Crippen LogP contribution >= 0.6 is 11.6 Å². The number of halogens is 1. The summed E-state index contributed by atoms with van der Waals surface area (Å²) < 4.78 is 1.72. The first-order chi connectivity index (χ1) is 5.66. The van der Waals surface area contributed by atoms with Crippen LogP contribution in [0.2, 0.25) is 5.02 Å². The molecule has 0 aliphatic heterocycles. The number of nitrogens with zero attached hydrogens (tertiary/aromatic N) is 2. The number of hydrogen-bond donors (Lipinski definition) is 1. The van der Waals surface area contributed by atoms with Gasteiger partial charge >= 0.3 is 0 Å². The lowest BCUT2D eigenvalue weighted by molar-refractivity contribution is 0.780. The third kappa shape index (κ3) is 1.02. The number of nitrogen functional groups attached to an aromatic ring is 1. The Balaban J connectivity index is 2.88. The minimum atomic E-state index is 0.602. The van der Waals surface area contributed by atoms with Crippen LogP contribution in [0.15, 0.2) is 18.3 Å². The first-order valence-electron chi connectivity index (χ1n) is 3.55. The zero-order valence-electron chi connectivity index (χ0n) is 6.58. The molecule has 0 atom stereocenters. The quantitative estimate of drug-likeness (QED) is 0.630. The van der Waals surface area contributed by atoms with Gasteiger partial charge in [0.2, 0.25) is 0 Å². The molecular weight excluding hydrogens is 174 g/mol. The average molecular weight is 182 g/mol. The Bertz CT molecular complexity index is 433. The second kappa shape index (κ2) is 2.38. The summed E-state index contributed by atoms with van der Waals surface area (Å²) in [5.41, 5.74) is 7.08. The molecule has 2 aromatic rings. The van der Waals surface area contributed by atoms with Crippen molar-refractivity contribution in [3.8, 4) is 0 Å². The van der Waals surface area contributed by atoms with Crippen LogP contribution in [0.4, 0.5) is 5.69 Å². The van der Waals surface area contributed by atoms with Crippen molar-refractivity contribution in [2.24, 2.45) is 7.05 Å². The van der Waals surface area contributed by atoms with Crippen molar-refractivity contribution in [3.05, 3.63) is 23.4 Å². The fraction of sp³-hybridized carbons (Fsp3) is 0.125. The van der Waals surface area contributed by atoms with Crippen LogP contribution in [-0.2, 0) is 7.05 Å². The number of benzene rings is 1. The fourth-order valence-electron chi connectivity index (χ4n) is 1.23. The van der Waals surface area contributed by atoms with Crippen molar-refractivity contribution >= 4 is 28.2 Å². The van der Waals surface area contributed by atoms with E-state index in [1.54, 1.807) is 10.7 Å². The van der Waals surface area contributed by atoms with Crippen molar-refractivity contribution in [1.82, 2.24) is 9.78 Å². The number of nitrogens with two attached hydrogens (primary N) is 1. The van der Waals surface area contributed by atoms with E-state index in [9.17, 15) is 0 Å². The molecule has 0 aliphatic rings. The molecule has 2 N–H and O–H groups in total. The van der Waals surface area contributed by atoms with Gasteiger partial charge in [-0.1, -0.05) is 11.6 Å². The maximum atomic E-state index is 5.92. The van der Waals surface area contributed by atoms with Crippen LogP contribution in [-0.4, -0.2) is 9.78 Å². The molecule has 0 aliphatic carbocycles. The van der Waals surface area contributed by atoms with Gasteiger partial charge < -0.3 is 5.73 Å². The molecule has 1 heterocycles. The average Bonchev–Trinajstić information content (AvgIpc) is 2.29. The third-order valence-corrected chi connectivity index (χ3v) is 1.99. The third-order valence-electron chi connectivity index (χ3n) is 1.70. The van der Waals surface area contributed by atoms with E-state index in [4.69, 9.17) is 17.3 Å². The molecule has 62 valence electrons. The standard InChI is InChI=1S/C8H8ClN3/c1-12-4-5-2-6(10)3-7(9)8(5)11-12/h2-4H,10H2,1H3. The zero-order valence-corrected chi connectivity index (χ0v) is 7.34. The lowest BCUT2D eigenvalue weighted by Crippen LogP contribution is -1.85. The van der Waals surface area contributed by atoms with Gasteiger partial charge in [0.1, 0.15) is 5.52 Å². The normalized spacial score (nSPS) is 10.8. The Labute approximate surface area is 74.7 Å². The SMILES string of the molecule is Cn1cc2cc(N)cc(Cl)c2n1. The Morgan fingerprint density at radius 3 is 3.00 bits per heavy atom. The summed E-state index contributed by atoms with van der Waals surface area (Å²) >= 11 is 5.92. The van der Waals surface area contributed by atoms with Gasteiger partial charge in [-0.3, -0.25) is 4.68 Å². The minimum Gasteiger partial charge on any atom is -0.399 e. The molecule has 0 unspecified atom stereocenters. The Kier molecular flexibility index (Phi) is 1.48. The maximum Gasteiger partial charge on any atom is 0.111 e. The summed E-state index contributed by atoms with van der Waals surface area (Å²) in [6.45, 7) is 0. The van der Waals surface area contributed by atoms with Crippen LogP contribution < -0.4 is 5.73 Å². The molecule has 2 rings (SSSR count). The molecule has 12 heavy (non-hydrogen) atoms. The van der Waals surface area contributed by atoms with E-state index >= 15 is 0 Å². The highest BCUT2D eigenvalue weighted by Gasteiger charge is 2.03. The first kappa shape index (κ1) is 7.43. The molecule has 0 saturated carbocycles. The molecule has 0 bridgehead atoms. The van der Waals surface area contributed by atoms with E-state index in [1.807, 2.05) is 19.3 Å². The van der Waals surface area contributed by atoms with E-state index in [1.165, 1.54) is 0 Å². The van der Waals surface area contributed by atoms with Crippen LogP contribution in [0, 0.1) is 0 Å². The van der Waals surface area contributed by atoms with Crippen LogP contribution in [0.5, 0.6) is 0 Å². The lowest BCUT2D eigenvalue weighted by atomic mass is 10.2. The Morgan fingerprint density at radius 2 is 2.25 bits per heavy atom. The number of aryl methyl sites for hydroxylation is 1. The highest BCUT2D eigenvalue weighted by atomic mass is 35.5. The van der Waals surface area contributed by atoms with Gasteiger partial charge in [-0.05, 0) is 12.1 Å². The largest absolute Gasteiger partial charge is 0.399 e. The second-order valence-corrected chi connectivity index (χ2v) is 3.15. The second-order valence-electron chi connectivity index (χ2n) is 2.74. The zero-order chi connectivity index (χ0) is 8.72. The number of hydrogen-bond acceptors (Lipinski definition) is 2. The van der Waals surface area contributed by atoms with E-state index < -0.39 is 0 Å². The monoisotopic (exact) mass is 181 g/mol. The van der Waals surface area contributed by atoms with E-state index in [-0.39, 0.29) is 0 Å². The molecule has 0 saturated heterocycles. The summed E-state index contributed by atoms with van der Waals surface area (Å²) in [5, 5.41) is 5.76. The molecular formula is C8H8ClN3. The maximum absolute atomic E-state index is 5.92. The molecule has 0 fully saturated rings. The fourth-order valence-corrected chi connectivity index (χ4v) is 1.51. The smallest absolute Gasteiger partial charge is 0.111 e. The van der Waals surface area contributed by atoms with Gasteiger partial charge in [0, 0.05) is 24.3 Å². The van der Waals surface area contributed by atoms with Crippen molar-refractivity contribution in [3.63, 3.8) is 0 Å². The molecule has 0 amide bonds. The number of aromatic nitrogens is 2. The number of rotatable bonds is 0. The molecule has 4 heteroatoms. The van der Waals surface area contributed by atoms with Gasteiger partial charge in [0.15, 0.2) is 0 Å². The van der Waals surface area contributed by atoms with Crippen LogP contribution in [0.3, 0.4) is 0 Å². The lowest BCUT2D eigenvalue weighted by Gasteiger charge is -1.94. The highest BCUT2D eigenvalue weighted by molar-refractivity contribution is 6.35. The molecule has 0 radical (unpaired) electrons. The minimum absolute atomic E-state index is 0.602. The highest BCUT2D eigenvalue weighted by Crippen LogP contribution is 2.24. The molecule has 0 spiro atoms. The molecule has 3 nitrogen and oxygen atoms in total. The molecule has 1 aromatic carbocycles. The van der Waals surface area contributed by atoms with Gasteiger partial charge in [0.05, 0.1) is 5.02 Å². The summed E-state index contributed by atoms with van der Waals surface area (Å²) in [4.78, 5) is 0. The Morgan fingerprint density at radius 1 is 1.50 bits per heavy atom. The van der Waals surface area contributed by atoms with Crippen molar-refractivity contribution in [1.29, 1.82) is 0 Å². The first-order valence-corrected chi connectivity index (χ1v) is 3.93. The summed E-state index contributed by atoms with van der Waals surface area (Å²) in [7, 11) is 1.85. The van der Waals surface area contributed by atoms with Gasteiger partial charge in [-0.2, -0.15) is 5.10 Å². The summed E-state index contributed by atoms with van der Waals surface area (Å²) in [6.07, 6.45) is 1.89. The van der Waals surface area contributed by atoms with Crippen LogP contribution in [0.25, 0.3) is 10.9 Å². The predicted molar refractivity (Wildman–Crippen MR) is 50.1 cm³/mol.